The van der Waals surface area contributed by atoms with E-state index in [1.165, 1.54) is 5.56 Å². The van der Waals surface area contributed by atoms with Gasteiger partial charge in [0.15, 0.2) is 0 Å². The third kappa shape index (κ3) is 2.79. The second-order valence-electron chi connectivity index (χ2n) is 3.74. The summed E-state index contributed by atoms with van der Waals surface area (Å²) >= 11 is 5.28. The number of hydrogen-bond donors (Lipinski definition) is 0. The van der Waals surface area contributed by atoms with Crippen molar-refractivity contribution in [3.05, 3.63) is 35.9 Å². The Labute approximate surface area is 100 Å². The summed E-state index contributed by atoms with van der Waals surface area (Å²) in [5, 5.41) is 0. The molecule has 1 saturated heterocycles. The van der Waals surface area contributed by atoms with Crippen LogP contribution < -0.4 is 0 Å². The van der Waals surface area contributed by atoms with E-state index in [1.54, 1.807) is 4.90 Å². The van der Waals surface area contributed by atoms with Gasteiger partial charge in [-0.2, -0.15) is 0 Å². The van der Waals surface area contributed by atoms with Gasteiger partial charge in [-0.3, -0.25) is 4.90 Å². The largest absolute Gasteiger partial charge is 0.448 e. The fraction of sp³-hybridized carbons (Fsp3) is 0.333. The van der Waals surface area contributed by atoms with Crippen molar-refractivity contribution >= 4 is 23.2 Å². The smallest absolute Gasteiger partial charge is 0.410 e. The van der Waals surface area contributed by atoms with Crippen molar-refractivity contribution in [2.24, 2.45) is 0 Å². The van der Waals surface area contributed by atoms with Crippen molar-refractivity contribution in [1.82, 2.24) is 4.90 Å². The van der Waals surface area contributed by atoms with E-state index in [9.17, 15) is 4.79 Å². The summed E-state index contributed by atoms with van der Waals surface area (Å²) in [5.74, 6) is 0. The first-order valence-corrected chi connectivity index (χ1v) is 5.64. The SMILES string of the molecule is O=C1OCCN1CC(=S)Cc1ccccc1. The molecule has 0 aromatic heterocycles. The number of ether oxygens (including phenoxy) is 1. The van der Waals surface area contributed by atoms with Crippen molar-refractivity contribution in [3.63, 3.8) is 0 Å². The summed E-state index contributed by atoms with van der Waals surface area (Å²) in [4.78, 5) is 13.7. The van der Waals surface area contributed by atoms with Crippen LogP contribution in [-0.2, 0) is 11.2 Å². The third-order valence-corrected chi connectivity index (χ3v) is 2.73. The normalized spacial score (nSPS) is 15.0. The van der Waals surface area contributed by atoms with E-state index in [0.717, 1.165) is 11.3 Å². The fourth-order valence-electron chi connectivity index (χ4n) is 1.66. The van der Waals surface area contributed by atoms with E-state index in [-0.39, 0.29) is 6.09 Å². The van der Waals surface area contributed by atoms with Crippen LogP contribution in [0.5, 0.6) is 0 Å². The second kappa shape index (κ2) is 5.07. The Bertz CT molecular complexity index is 391. The van der Waals surface area contributed by atoms with E-state index in [2.05, 4.69) is 0 Å². The Morgan fingerprint density at radius 2 is 2.12 bits per heavy atom. The van der Waals surface area contributed by atoms with Crippen LogP contribution in [0.3, 0.4) is 0 Å². The number of thiocarbonyl (C=S) groups is 1. The van der Waals surface area contributed by atoms with Crippen molar-refractivity contribution < 1.29 is 9.53 Å². The lowest BCUT2D eigenvalue weighted by Gasteiger charge is -2.13. The van der Waals surface area contributed by atoms with Gasteiger partial charge in [0.1, 0.15) is 6.61 Å². The molecular weight excluding hydrogens is 222 g/mol. The molecule has 0 atom stereocenters. The Balaban J connectivity index is 1.87. The number of hydrogen-bond acceptors (Lipinski definition) is 3. The Morgan fingerprint density at radius 3 is 2.75 bits per heavy atom. The molecule has 0 N–H and O–H groups in total. The summed E-state index contributed by atoms with van der Waals surface area (Å²) in [6, 6.07) is 10.0. The Hall–Kier alpha value is -1.42. The van der Waals surface area contributed by atoms with Crippen molar-refractivity contribution in [3.8, 4) is 0 Å². The quantitative estimate of drug-likeness (QED) is 0.748. The maximum Gasteiger partial charge on any atom is 0.410 e. The molecule has 0 radical (unpaired) electrons. The number of carbonyl (C=O) groups excluding carboxylic acids is 1. The molecule has 0 unspecified atom stereocenters. The average molecular weight is 235 g/mol. The zero-order valence-electron chi connectivity index (χ0n) is 8.89. The van der Waals surface area contributed by atoms with Crippen LogP contribution in [0.4, 0.5) is 4.79 Å². The predicted molar refractivity (Wildman–Crippen MR) is 65.7 cm³/mol. The number of benzene rings is 1. The third-order valence-electron chi connectivity index (χ3n) is 2.46. The van der Waals surface area contributed by atoms with Gasteiger partial charge in [-0.1, -0.05) is 42.5 Å². The Kier molecular flexibility index (Phi) is 3.51. The monoisotopic (exact) mass is 235 g/mol. The highest BCUT2D eigenvalue weighted by molar-refractivity contribution is 7.80. The highest BCUT2D eigenvalue weighted by Crippen LogP contribution is 2.06. The van der Waals surface area contributed by atoms with Crippen molar-refractivity contribution in [2.45, 2.75) is 6.42 Å². The molecule has 1 fully saturated rings. The lowest BCUT2D eigenvalue weighted by Crippen LogP contribution is -2.30. The van der Waals surface area contributed by atoms with Gasteiger partial charge in [0.05, 0.1) is 13.1 Å². The first kappa shape index (κ1) is 11.1. The minimum atomic E-state index is -0.254. The van der Waals surface area contributed by atoms with Gasteiger partial charge < -0.3 is 4.74 Å². The molecule has 1 amide bonds. The van der Waals surface area contributed by atoms with Gasteiger partial charge in [0.2, 0.25) is 0 Å². The summed E-state index contributed by atoms with van der Waals surface area (Å²) in [7, 11) is 0. The molecule has 0 saturated carbocycles. The molecule has 4 heteroatoms. The van der Waals surface area contributed by atoms with E-state index in [1.807, 2.05) is 30.3 Å². The molecule has 0 aliphatic carbocycles. The Morgan fingerprint density at radius 1 is 1.38 bits per heavy atom. The summed E-state index contributed by atoms with van der Waals surface area (Å²) in [5.41, 5.74) is 1.18. The summed E-state index contributed by atoms with van der Waals surface area (Å²) in [6.07, 6.45) is 0.482. The average Bonchev–Trinajstić information content (AvgIpc) is 2.66. The maximum absolute atomic E-state index is 11.2. The summed E-state index contributed by atoms with van der Waals surface area (Å²) < 4.78 is 4.84. The van der Waals surface area contributed by atoms with Gasteiger partial charge in [-0.15, -0.1) is 0 Å². The molecule has 1 aliphatic heterocycles. The van der Waals surface area contributed by atoms with Crippen LogP contribution in [0.2, 0.25) is 0 Å². The number of amides is 1. The molecule has 3 nitrogen and oxygen atoms in total. The fourth-order valence-corrected chi connectivity index (χ4v) is 1.98. The highest BCUT2D eigenvalue weighted by Gasteiger charge is 2.22. The molecule has 1 aliphatic rings. The topological polar surface area (TPSA) is 29.5 Å². The van der Waals surface area contributed by atoms with Crippen LogP contribution in [0.15, 0.2) is 30.3 Å². The lowest BCUT2D eigenvalue weighted by atomic mass is 10.1. The number of carbonyl (C=O) groups is 1. The van der Waals surface area contributed by atoms with Crippen LogP contribution in [0, 0.1) is 0 Å². The molecular formula is C12H13NO2S. The lowest BCUT2D eigenvalue weighted by molar-refractivity contribution is 0.161. The number of rotatable bonds is 4. The van der Waals surface area contributed by atoms with E-state index >= 15 is 0 Å². The maximum atomic E-state index is 11.2. The first-order valence-electron chi connectivity index (χ1n) is 5.23. The van der Waals surface area contributed by atoms with Crippen LogP contribution in [-0.4, -0.2) is 35.6 Å². The zero-order valence-corrected chi connectivity index (χ0v) is 9.70. The molecule has 1 aromatic carbocycles. The van der Waals surface area contributed by atoms with Gasteiger partial charge in [0, 0.05) is 11.3 Å². The van der Waals surface area contributed by atoms with E-state index < -0.39 is 0 Å². The number of cyclic esters (lactones) is 1. The molecule has 2 rings (SSSR count). The predicted octanol–water partition coefficient (Wildman–Crippen LogP) is 2.05. The van der Waals surface area contributed by atoms with Gasteiger partial charge in [-0.05, 0) is 5.56 Å². The van der Waals surface area contributed by atoms with E-state index in [4.69, 9.17) is 17.0 Å². The highest BCUT2D eigenvalue weighted by atomic mass is 32.1. The molecule has 1 aromatic rings. The van der Waals surface area contributed by atoms with Gasteiger partial charge in [-0.25, -0.2) is 4.79 Å². The molecule has 16 heavy (non-hydrogen) atoms. The van der Waals surface area contributed by atoms with Crippen molar-refractivity contribution in [2.75, 3.05) is 19.7 Å². The summed E-state index contributed by atoms with van der Waals surface area (Å²) in [6.45, 7) is 1.64. The van der Waals surface area contributed by atoms with Crippen LogP contribution in [0.25, 0.3) is 0 Å². The standard InChI is InChI=1S/C12H13NO2S/c14-12-13(6-7-15-12)9-11(16)8-10-4-2-1-3-5-10/h1-5H,6-9H2. The van der Waals surface area contributed by atoms with E-state index in [0.29, 0.717) is 19.7 Å². The van der Waals surface area contributed by atoms with Gasteiger partial charge in [0.25, 0.3) is 0 Å². The molecule has 0 spiro atoms. The van der Waals surface area contributed by atoms with Crippen LogP contribution in [0.1, 0.15) is 5.56 Å². The van der Waals surface area contributed by atoms with Crippen molar-refractivity contribution in [1.29, 1.82) is 0 Å². The number of nitrogens with zero attached hydrogens (tertiary/aromatic N) is 1. The molecule has 84 valence electrons. The minimum absolute atomic E-state index is 0.254. The molecule has 0 bridgehead atoms. The first-order chi connectivity index (χ1) is 7.75. The second-order valence-corrected chi connectivity index (χ2v) is 4.31. The molecule has 1 heterocycles. The zero-order chi connectivity index (χ0) is 11.4. The minimum Gasteiger partial charge on any atom is -0.448 e. The van der Waals surface area contributed by atoms with Gasteiger partial charge >= 0.3 is 6.09 Å². The van der Waals surface area contributed by atoms with Crippen LogP contribution >= 0.6 is 12.2 Å².